The molecule has 0 amide bonds. The molecule has 0 saturated heterocycles. The Kier molecular flexibility index (Phi) is 13.1. The summed E-state index contributed by atoms with van der Waals surface area (Å²) in [5.74, 6) is 0.969. The second kappa shape index (κ2) is 17.7. The number of allylic oxidation sites excluding steroid dienone is 5. The van der Waals surface area contributed by atoms with Gasteiger partial charge in [0.25, 0.3) is 0 Å². The summed E-state index contributed by atoms with van der Waals surface area (Å²) in [5.41, 5.74) is 4.64. The molecule has 0 bridgehead atoms. The van der Waals surface area contributed by atoms with E-state index in [-0.39, 0.29) is 0 Å². The monoisotopic (exact) mass is 707 g/mol. The number of thioether (sulfide) groups is 1. The van der Waals surface area contributed by atoms with Gasteiger partial charge in [-0.1, -0.05) is 62.4 Å². The van der Waals surface area contributed by atoms with Gasteiger partial charge in [-0.25, -0.2) is 13.1 Å². The van der Waals surface area contributed by atoms with Crippen LogP contribution in [0.5, 0.6) is 5.75 Å². The lowest BCUT2D eigenvalue weighted by Crippen LogP contribution is -2.35. The van der Waals surface area contributed by atoms with Gasteiger partial charge in [0.2, 0.25) is 10.0 Å². The van der Waals surface area contributed by atoms with E-state index in [1.165, 1.54) is 5.56 Å². The van der Waals surface area contributed by atoms with Gasteiger partial charge in [-0.15, -0.1) is 0 Å². The molecule has 3 aromatic rings. The van der Waals surface area contributed by atoms with Gasteiger partial charge in [0.1, 0.15) is 28.9 Å². The van der Waals surface area contributed by atoms with Crippen molar-refractivity contribution in [1.29, 1.82) is 10.5 Å². The van der Waals surface area contributed by atoms with Crippen LogP contribution in [-0.2, 0) is 27.6 Å². The molecule has 260 valence electrons. The van der Waals surface area contributed by atoms with Gasteiger partial charge >= 0.3 is 0 Å². The van der Waals surface area contributed by atoms with Gasteiger partial charge < -0.3 is 9.47 Å². The minimum atomic E-state index is -3.65. The Labute approximate surface area is 301 Å². The number of sulfonamides is 1. The largest absolute Gasteiger partial charge is 0.457 e. The molecule has 1 unspecified atom stereocenters. The smallest absolute Gasteiger partial charge is 0.218 e. The van der Waals surface area contributed by atoms with Gasteiger partial charge in [0.05, 0.1) is 11.1 Å². The molecular weight excluding hydrogens is 663 g/mol. The molecule has 0 saturated carbocycles. The van der Waals surface area contributed by atoms with Crippen molar-refractivity contribution in [2.75, 3.05) is 19.8 Å². The number of hydrogen-bond acceptors (Lipinski definition) is 7. The number of hydrogen-bond donors (Lipinski definition) is 1. The molecule has 0 spiro atoms. The third-order valence-electron chi connectivity index (χ3n) is 8.85. The molecule has 2 aliphatic carbocycles. The number of unbranched alkanes of at least 4 members (excludes halogenated alkanes) is 1. The summed E-state index contributed by atoms with van der Waals surface area (Å²) in [6.45, 7) is 7.58. The summed E-state index contributed by atoms with van der Waals surface area (Å²) in [4.78, 5) is 2.24. The number of nitrogens with one attached hydrogen (secondary N) is 1. The number of fused-ring (bicyclic) bond motifs is 1. The Morgan fingerprint density at radius 2 is 1.90 bits per heavy atom. The summed E-state index contributed by atoms with van der Waals surface area (Å²) in [6, 6.07) is 19.1. The van der Waals surface area contributed by atoms with E-state index in [1.807, 2.05) is 25.1 Å². The zero-order valence-electron chi connectivity index (χ0n) is 29.1. The fourth-order valence-electron chi connectivity index (χ4n) is 6.28. The quantitative estimate of drug-likeness (QED) is 0.148. The van der Waals surface area contributed by atoms with Crippen molar-refractivity contribution in [2.45, 2.75) is 82.3 Å². The zero-order chi connectivity index (χ0) is 35.5. The highest BCUT2D eigenvalue weighted by molar-refractivity contribution is 8.03. The van der Waals surface area contributed by atoms with Crippen LogP contribution in [0.3, 0.4) is 0 Å². The first-order chi connectivity index (χ1) is 24.3. The molecule has 9 heteroatoms. The Balaban J connectivity index is 1.59. The highest BCUT2D eigenvalue weighted by Gasteiger charge is 2.27. The van der Waals surface area contributed by atoms with Crippen molar-refractivity contribution in [2.24, 2.45) is 0 Å². The van der Waals surface area contributed by atoms with Gasteiger partial charge in [0.15, 0.2) is 0 Å². The average molecular weight is 708 g/mol. The number of nitrogens with zero attached hydrogens (tertiary/aromatic N) is 2. The number of aryl methyl sites for hydroxylation is 2. The Morgan fingerprint density at radius 3 is 2.66 bits per heavy atom. The van der Waals surface area contributed by atoms with E-state index in [9.17, 15) is 18.9 Å². The van der Waals surface area contributed by atoms with Crippen LogP contribution in [-0.4, -0.2) is 33.4 Å². The fraction of sp³-hybridized carbons (Fsp3) is 0.366. The Hall–Kier alpha value is -4.12. The van der Waals surface area contributed by atoms with Crippen molar-refractivity contribution in [3.63, 3.8) is 0 Å². The lowest BCUT2D eigenvalue weighted by molar-refractivity contribution is 0.146. The van der Waals surface area contributed by atoms with Gasteiger partial charge in [-0.05, 0) is 116 Å². The van der Waals surface area contributed by atoms with E-state index >= 15 is 0 Å². The summed E-state index contributed by atoms with van der Waals surface area (Å²) in [7, 11) is -3.65. The number of nitriles is 2. The summed E-state index contributed by atoms with van der Waals surface area (Å²) < 4.78 is 41.2. The summed E-state index contributed by atoms with van der Waals surface area (Å²) in [5, 5.41) is 21.5. The molecule has 5 rings (SSSR count). The first-order valence-corrected chi connectivity index (χ1v) is 19.9. The predicted octanol–water partition coefficient (Wildman–Crippen LogP) is 9.28. The van der Waals surface area contributed by atoms with Crippen LogP contribution in [0.15, 0.2) is 88.4 Å². The third-order valence-corrected chi connectivity index (χ3v) is 11.6. The molecule has 7 nitrogen and oxygen atoms in total. The standard InChI is InChI=1S/C41H45N3O4S2/c1-4-7-12-30-21-32-24-33(27-42)38(28-43)40(31-14-9-17-36(25-31)49-35-16-8-13-29(5-2)22-35)41(32)39(23-30)48-34-15-10-18-37(26-34)50(45,46)44-19-11-20-47-6-3/h8,10,13,15-17,21-26,37,44H,4-7,9,11-12,14,18-20H2,1-3H3. The normalized spacial score (nSPS) is 15.9. The first-order valence-electron chi connectivity index (χ1n) is 17.5. The van der Waals surface area contributed by atoms with E-state index in [1.54, 1.807) is 23.9 Å². The molecule has 0 heterocycles. The summed E-state index contributed by atoms with van der Waals surface area (Å²) >= 11 is 1.69. The molecule has 0 radical (unpaired) electrons. The average Bonchev–Trinajstić information content (AvgIpc) is 3.13. The van der Waals surface area contributed by atoms with Crippen LogP contribution in [0, 0.1) is 22.7 Å². The van der Waals surface area contributed by atoms with Crippen LogP contribution < -0.4 is 9.46 Å². The third kappa shape index (κ3) is 9.15. The Morgan fingerprint density at radius 1 is 1.04 bits per heavy atom. The van der Waals surface area contributed by atoms with Crippen molar-refractivity contribution >= 4 is 38.1 Å². The van der Waals surface area contributed by atoms with E-state index in [2.05, 4.69) is 73.2 Å². The van der Waals surface area contributed by atoms with Crippen LogP contribution in [0.25, 0.3) is 16.3 Å². The van der Waals surface area contributed by atoms with Gasteiger partial charge in [0, 0.05) is 40.5 Å². The predicted molar refractivity (Wildman–Crippen MR) is 203 cm³/mol. The molecule has 50 heavy (non-hydrogen) atoms. The van der Waals surface area contributed by atoms with E-state index < -0.39 is 15.3 Å². The molecule has 0 fully saturated rings. The first kappa shape index (κ1) is 37.1. The Bertz CT molecular complexity index is 2030. The number of benzene rings is 3. The molecular formula is C41H45N3O4S2. The van der Waals surface area contributed by atoms with Crippen LogP contribution >= 0.6 is 11.8 Å². The van der Waals surface area contributed by atoms with E-state index in [0.29, 0.717) is 67.2 Å². The molecule has 2 aliphatic rings. The minimum absolute atomic E-state index is 0.298. The van der Waals surface area contributed by atoms with Crippen LogP contribution in [0.1, 0.15) is 87.1 Å². The van der Waals surface area contributed by atoms with Crippen molar-refractivity contribution in [3.8, 4) is 17.9 Å². The SMILES string of the molecule is CCCCc1cc(OC2=CC(S(=O)(=O)NCCCOCC)CC=C2)c2c(C3=CC(Sc4cccc(CC)c4)=CCC3)c(C#N)c(C#N)cc2c1. The lowest BCUT2D eigenvalue weighted by Gasteiger charge is -2.22. The summed E-state index contributed by atoms with van der Waals surface area (Å²) in [6.07, 6.45) is 15.8. The molecule has 0 aromatic heterocycles. The van der Waals surface area contributed by atoms with Crippen LogP contribution in [0.4, 0.5) is 0 Å². The number of ether oxygens (including phenoxy) is 2. The maximum Gasteiger partial charge on any atom is 0.218 e. The second-order valence-corrected chi connectivity index (χ2v) is 15.6. The lowest BCUT2D eigenvalue weighted by atomic mass is 9.85. The molecule has 1 atom stereocenters. The van der Waals surface area contributed by atoms with Crippen LogP contribution in [0.2, 0.25) is 0 Å². The number of rotatable bonds is 16. The second-order valence-electron chi connectivity index (χ2n) is 12.4. The van der Waals surface area contributed by atoms with Crippen molar-refractivity contribution in [3.05, 3.63) is 111 Å². The van der Waals surface area contributed by atoms with Gasteiger partial charge in [-0.2, -0.15) is 10.5 Å². The maximum atomic E-state index is 13.2. The fourth-order valence-corrected chi connectivity index (χ4v) is 8.63. The molecule has 0 aliphatic heterocycles. The maximum absolute atomic E-state index is 13.2. The van der Waals surface area contributed by atoms with Crippen molar-refractivity contribution < 1.29 is 17.9 Å². The molecule has 1 N–H and O–H groups in total. The van der Waals surface area contributed by atoms with Gasteiger partial charge in [-0.3, -0.25) is 0 Å². The van der Waals surface area contributed by atoms with E-state index in [0.717, 1.165) is 63.8 Å². The highest BCUT2D eigenvalue weighted by atomic mass is 32.2. The zero-order valence-corrected chi connectivity index (χ0v) is 30.8. The minimum Gasteiger partial charge on any atom is -0.457 e. The highest BCUT2D eigenvalue weighted by Crippen LogP contribution is 2.43. The molecule has 3 aromatic carbocycles. The topological polar surface area (TPSA) is 112 Å². The van der Waals surface area contributed by atoms with Crippen molar-refractivity contribution in [1.82, 2.24) is 4.72 Å². The van der Waals surface area contributed by atoms with E-state index in [4.69, 9.17) is 9.47 Å².